The first-order valence-electron chi connectivity index (χ1n) is 5.21. The molecule has 0 N–H and O–H groups in total. The molecule has 0 aromatic rings. The van der Waals surface area contributed by atoms with Gasteiger partial charge in [-0.3, -0.25) is 0 Å². The number of hydrogen-bond acceptors (Lipinski definition) is 0. The molecule has 0 bridgehead atoms. The fourth-order valence-corrected chi connectivity index (χ4v) is 2.68. The molecule has 66 valence electrons. The topological polar surface area (TPSA) is 0 Å². The van der Waals surface area contributed by atoms with Crippen molar-refractivity contribution < 1.29 is 0 Å². The molecule has 13 heavy (non-hydrogen) atoms. The Labute approximate surface area is 79.3 Å². The van der Waals surface area contributed by atoms with E-state index in [1.54, 1.807) is 11.1 Å². The fraction of sp³-hybridized carbons (Fsp3) is 0.385. The van der Waals surface area contributed by atoms with Gasteiger partial charge in [0.25, 0.3) is 0 Å². The maximum atomic E-state index is 2.47. The second-order valence-corrected chi connectivity index (χ2v) is 4.12. The predicted molar refractivity (Wildman–Crippen MR) is 55.3 cm³/mol. The first-order valence-corrected chi connectivity index (χ1v) is 5.21. The first-order chi connectivity index (χ1) is 6.45. The van der Waals surface area contributed by atoms with Crippen LogP contribution >= 0.6 is 0 Å². The summed E-state index contributed by atoms with van der Waals surface area (Å²) in [5, 5.41) is 0. The van der Waals surface area contributed by atoms with Crippen LogP contribution in [0.5, 0.6) is 0 Å². The molecule has 3 aliphatic carbocycles. The summed E-state index contributed by atoms with van der Waals surface area (Å²) in [5.41, 5.74) is 3.24. The van der Waals surface area contributed by atoms with Crippen LogP contribution in [0.1, 0.15) is 19.3 Å². The highest BCUT2D eigenvalue weighted by Gasteiger charge is 2.30. The zero-order chi connectivity index (χ0) is 8.67. The van der Waals surface area contributed by atoms with Crippen molar-refractivity contribution in [3.63, 3.8) is 0 Å². The van der Waals surface area contributed by atoms with Gasteiger partial charge in [-0.1, -0.05) is 36.5 Å². The fourth-order valence-electron chi connectivity index (χ4n) is 2.68. The van der Waals surface area contributed by atoms with E-state index in [4.69, 9.17) is 0 Å². The summed E-state index contributed by atoms with van der Waals surface area (Å²) in [4.78, 5) is 0. The molecule has 0 heterocycles. The minimum absolute atomic E-state index is 0.671. The van der Waals surface area contributed by atoms with Gasteiger partial charge in [0.2, 0.25) is 0 Å². The van der Waals surface area contributed by atoms with Crippen LogP contribution in [-0.2, 0) is 0 Å². The van der Waals surface area contributed by atoms with Crippen LogP contribution in [0.3, 0.4) is 0 Å². The molecule has 0 aliphatic heterocycles. The zero-order valence-corrected chi connectivity index (χ0v) is 7.74. The van der Waals surface area contributed by atoms with Crippen molar-refractivity contribution in [3.8, 4) is 0 Å². The standard InChI is InChI=1S/C13H14/c1-3-7-12-10(5-1)9-11-6-2-4-8-13(11)12/h1,3,5,7-10,12H,2,4,6H2. The lowest BCUT2D eigenvalue weighted by molar-refractivity contribution is 0.660. The quantitative estimate of drug-likeness (QED) is 0.522. The molecule has 2 unspecified atom stereocenters. The van der Waals surface area contributed by atoms with Gasteiger partial charge in [-0.05, 0) is 30.4 Å². The maximum Gasteiger partial charge on any atom is 0.0118 e. The number of fused-ring (bicyclic) bond motifs is 3. The van der Waals surface area contributed by atoms with Crippen LogP contribution in [0.4, 0.5) is 0 Å². The van der Waals surface area contributed by atoms with Gasteiger partial charge in [0.15, 0.2) is 0 Å². The van der Waals surface area contributed by atoms with E-state index in [-0.39, 0.29) is 0 Å². The molecule has 0 heteroatoms. The Morgan fingerprint density at radius 1 is 1.15 bits per heavy atom. The summed E-state index contributed by atoms with van der Waals surface area (Å²) in [6.07, 6.45) is 17.9. The molecular weight excluding hydrogens is 156 g/mol. The van der Waals surface area contributed by atoms with E-state index in [0.29, 0.717) is 11.8 Å². The van der Waals surface area contributed by atoms with Gasteiger partial charge < -0.3 is 0 Å². The van der Waals surface area contributed by atoms with Gasteiger partial charge in [0, 0.05) is 11.8 Å². The van der Waals surface area contributed by atoms with Gasteiger partial charge in [0.1, 0.15) is 0 Å². The van der Waals surface area contributed by atoms with E-state index in [0.717, 1.165) is 0 Å². The minimum Gasteiger partial charge on any atom is -0.0804 e. The van der Waals surface area contributed by atoms with E-state index in [1.165, 1.54) is 19.3 Å². The largest absolute Gasteiger partial charge is 0.0804 e. The van der Waals surface area contributed by atoms with E-state index in [2.05, 4.69) is 36.5 Å². The van der Waals surface area contributed by atoms with Crippen molar-refractivity contribution in [3.05, 3.63) is 47.6 Å². The molecule has 3 rings (SSSR count). The normalized spacial score (nSPS) is 35.1. The highest BCUT2D eigenvalue weighted by atomic mass is 14.3. The highest BCUT2D eigenvalue weighted by molar-refractivity contribution is 5.47. The van der Waals surface area contributed by atoms with Crippen LogP contribution in [0.2, 0.25) is 0 Å². The Kier molecular flexibility index (Phi) is 1.55. The average Bonchev–Trinajstić information content (AvgIpc) is 2.56. The molecule has 0 aromatic heterocycles. The van der Waals surface area contributed by atoms with E-state index in [1.807, 2.05) is 0 Å². The lowest BCUT2D eigenvalue weighted by atomic mass is 9.85. The summed E-state index contributed by atoms with van der Waals surface area (Å²) < 4.78 is 0. The van der Waals surface area contributed by atoms with Crippen LogP contribution in [0.25, 0.3) is 0 Å². The number of hydrogen-bond donors (Lipinski definition) is 0. The highest BCUT2D eigenvalue weighted by Crippen LogP contribution is 2.43. The molecule has 3 aliphatic rings. The number of allylic oxidation sites excluding steroid dienone is 8. The smallest absolute Gasteiger partial charge is 0.0118 e. The number of rotatable bonds is 0. The van der Waals surface area contributed by atoms with Crippen molar-refractivity contribution in [1.82, 2.24) is 0 Å². The van der Waals surface area contributed by atoms with Gasteiger partial charge in [-0.25, -0.2) is 0 Å². The van der Waals surface area contributed by atoms with Gasteiger partial charge >= 0.3 is 0 Å². The van der Waals surface area contributed by atoms with Crippen molar-refractivity contribution in [2.24, 2.45) is 11.8 Å². The second kappa shape index (κ2) is 2.73. The Bertz CT molecular complexity index is 339. The predicted octanol–water partition coefficient (Wildman–Crippen LogP) is 3.40. The van der Waals surface area contributed by atoms with Gasteiger partial charge in [-0.2, -0.15) is 0 Å². The Balaban J connectivity index is 2.04. The Hall–Kier alpha value is -1.04. The Morgan fingerprint density at radius 3 is 3.08 bits per heavy atom. The van der Waals surface area contributed by atoms with Gasteiger partial charge in [0.05, 0.1) is 0 Å². The van der Waals surface area contributed by atoms with Crippen molar-refractivity contribution >= 4 is 0 Å². The minimum atomic E-state index is 0.671. The molecule has 0 saturated carbocycles. The van der Waals surface area contributed by atoms with E-state index in [9.17, 15) is 0 Å². The Morgan fingerprint density at radius 2 is 2.08 bits per heavy atom. The van der Waals surface area contributed by atoms with Crippen molar-refractivity contribution in [1.29, 1.82) is 0 Å². The molecule has 0 saturated heterocycles. The molecular formula is C13H14. The molecule has 0 aromatic carbocycles. The summed E-state index contributed by atoms with van der Waals surface area (Å²) >= 11 is 0. The third-order valence-electron chi connectivity index (χ3n) is 3.32. The third kappa shape index (κ3) is 1.05. The monoisotopic (exact) mass is 170 g/mol. The van der Waals surface area contributed by atoms with Crippen LogP contribution < -0.4 is 0 Å². The van der Waals surface area contributed by atoms with Crippen LogP contribution in [-0.4, -0.2) is 0 Å². The molecule has 0 radical (unpaired) electrons. The molecule has 0 nitrogen and oxygen atoms in total. The molecule has 0 amide bonds. The second-order valence-electron chi connectivity index (χ2n) is 4.12. The van der Waals surface area contributed by atoms with E-state index < -0.39 is 0 Å². The van der Waals surface area contributed by atoms with Crippen molar-refractivity contribution in [2.75, 3.05) is 0 Å². The summed E-state index contributed by atoms with van der Waals surface area (Å²) in [6, 6.07) is 0. The zero-order valence-electron chi connectivity index (χ0n) is 7.74. The average molecular weight is 170 g/mol. The molecule has 2 atom stereocenters. The van der Waals surface area contributed by atoms with E-state index >= 15 is 0 Å². The summed E-state index contributed by atoms with van der Waals surface area (Å²) in [7, 11) is 0. The van der Waals surface area contributed by atoms with Crippen LogP contribution in [0, 0.1) is 11.8 Å². The third-order valence-corrected chi connectivity index (χ3v) is 3.32. The molecule has 0 spiro atoms. The van der Waals surface area contributed by atoms with Gasteiger partial charge in [-0.15, -0.1) is 0 Å². The van der Waals surface area contributed by atoms with Crippen LogP contribution in [0.15, 0.2) is 47.6 Å². The lowest BCUT2D eigenvalue weighted by Gasteiger charge is -2.19. The lowest BCUT2D eigenvalue weighted by Crippen LogP contribution is -2.08. The molecule has 0 fully saturated rings. The first kappa shape index (κ1) is 7.37. The maximum absolute atomic E-state index is 2.47. The van der Waals surface area contributed by atoms with Crippen molar-refractivity contribution in [2.45, 2.75) is 19.3 Å². The SMILES string of the molecule is C1=CC2C=C3CCCC=C3C2C=C1. The summed E-state index contributed by atoms with van der Waals surface area (Å²) in [6.45, 7) is 0. The summed E-state index contributed by atoms with van der Waals surface area (Å²) in [5.74, 6) is 1.35.